The highest BCUT2D eigenvalue weighted by Crippen LogP contribution is 2.20. The van der Waals surface area contributed by atoms with Crippen molar-refractivity contribution in [3.05, 3.63) is 77.4 Å². The SMILES string of the molecule is C=CCn1c(SCC(=O)N2CCN(c3ccc(F)cc3)CC2)nc2ccccc2c1=O. The van der Waals surface area contributed by atoms with Crippen molar-refractivity contribution < 1.29 is 9.18 Å². The van der Waals surface area contributed by atoms with Crippen molar-refractivity contribution in [2.45, 2.75) is 11.7 Å². The number of carbonyl (C=O) groups excluding carboxylic acids is 1. The number of rotatable bonds is 6. The van der Waals surface area contributed by atoms with Gasteiger partial charge in [-0.2, -0.15) is 0 Å². The first kappa shape index (κ1) is 21.1. The lowest BCUT2D eigenvalue weighted by atomic mass is 10.2. The zero-order chi connectivity index (χ0) is 21.8. The second-order valence-electron chi connectivity index (χ2n) is 7.25. The molecule has 4 rings (SSSR count). The summed E-state index contributed by atoms with van der Waals surface area (Å²) in [6.07, 6.45) is 1.65. The molecule has 0 radical (unpaired) electrons. The number of para-hydroxylation sites is 1. The zero-order valence-electron chi connectivity index (χ0n) is 17.0. The molecule has 8 heteroatoms. The van der Waals surface area contributed by atoms with Crippen molar-refractivity contribution in [2.24, 2.45) is 0 Å². The van der Waals surface area contributed by atoms with Gasteiger partial charge in [-0.15, -0.1) is 6.58 Å². The van der Waals surface area contributed by atoms with E-state index in [1.165, 1.54) is 23.9 Å². The molecule has 2 heterocycles. The van der Waals surface area contributed by atoms with E-state index in [1.54, 1.807) is 34.9 Å². The van der Waals surface area contributed by atoms with Crippen LogP contribution in [0.15, 0.2) is 71.1 Å². The minimum atomic E-state index is -0.258. The number of aromatic nitrogens is 2. The Morgan fingerprint density at radius 1 is 1.10 bits per heavy atom. The normalized spacial score (nSPS) is 14.1. The summed E-state index contributed by atoms with van der Waals surface area (Å²) in [6.45, 7) is 6.64. The molecule has 3 aromatic rings. The van der Waals surface area contributed by atoms with Gasteiger partial charge in [0.25, 0.3) is 5.56 Å². The number of thioether (sulfide) groups is 1. The number of amides is 1. The van der Waals surface area contributed by atoms with Gasteiger partial charge in [-0.1, -0.05) is 30.0 Å². The zero-order valence-corrected chi connectivity index (χ0v) is 17.9. The fourth-order valence-corrected chi connectivity index (χ4v) is 4.54. The number of hydrogen-bond acceptors (Lipinski definition) is 5. The summed E-state index contributed by atoms with van der Waals surface area (Å²) in [7, 11) is 0. The monoisotopic (exact) mass is 438 g/mol. The number of nitrogens with zero attached hydrogens (tertiary/aromatic N) is 4. The first-order valence-corrected chi connectivity index (χ1v) is 11.1. The lowest BCUT2D eigenvalue weighted by Gasteiger charge is -2.36. The van der Waals surface area contributed by atoms with Crippen LogP contribution in [0.1, 0.15) is 0 Å². The van der Waals surface area contributed by atoms with Gasteiger partial charge in [0.15, 0.2) is 5.16 Å². The van der Waals surface area contributed by atoms with Gasteiger partial charge in [0, 0.05) is 38.4 Å². The van der Waals surface area contributed by atoms with E-state index >= 15 is 0 Å². The van der Waals surface area contributed by atoms with Gasteiger partial charge >= 0.3 is 0 Å². The Morgan fingerprint density at radius 2 is 1.81 bits per heavy atom. The summed E-state index contributed by atoms with van der Waals surface area (Å²) < 4.78 is 14.7. The summed E-state index contributed by atoms with van der Waals surface area (Å²) in [5, 5.41) is 1.07. The van der Waals surface area contributed by atoms with Gasteiger partial charge in [0.05, 0.1) is 16.7 Å². The lowest BCUT2D eigenvalue weighted by molar-refractivity contribution is -0.128. The Balaban J connectivity index is 1.41. The molecule has 6 nitrogen and oxygen atoms in total. The van der Waals surface area contributed by atoms with Crippen LogP contribution in [0, 0.1) is 5.82 Å². The summed E-state index contributed by atoms with van der Waals surface area (Å²) in [5.74, 6) is -0.0403. The molecule has 2 aromatic carbocycles. The highest BCUT2D eigenvalue weighted by molar-refractivity contribution is 7.99. The number of piperazine rings is 1. The molecular weight excluding hydrogens is 415 g/mol. The molecule has 1 saturated heterocycles. The van der Waals surface area contributed by atoms with Crippen molar-refractivity contribution >= 4 is 34.3 Å². The predicted molar refractivity (Wildman–Crippen MR) is 122 cm³/mol. The van der Waals surface area contributed by atoms with Crippen molar-refractivity contribution in [1.82, 2.24) is 14.5 Å². The molecule has 1 aliphatic rings. The van der Waals surface area contributed by atoms with Crippen molar-refractivity contribution in [3.8, 4) is 0 Å². The van der Waals surface area contributed by atoms with E-state index in [0.717, 1.165) is 5.69 Å². The van der Waals surface area contributed by atoms with Gasteiger partial charge in [0.1, 0.15) is 5.82 Å². The van der Waals surface area contributed by atoms with Crippen molar-refractivity contribution in [2.75, 3.05) is 36.8 Å². The molecule has 0 unspecified atom stereocenters. The molecule has 1 amide bonds. The van der Waals surface area contributed by atoms with Gasteiger partial charge in [0.2, 0.25) is 5.91 Å². The Labute approximate surface area is 184 Å². The number of fused-ring (bicyclic) bond motifs is 1. The first-order chi connectivity index (χ1) is 15.1. The van der Waals surface area contributed by atoms with E-state index < -0.39 is 0 Å². The molecule has 0 spiro atoms. The average Bonchev–Trinajstić information content (AvgIpc) is 2.80. The topological polar surface area (TPSA) is 58.4 Å². The van der Waals surface area contributed by atoms with E-state index in [-0.39, 0.29) is 23.0 Å². The predicted octanol–water partition coefficient (Wildman–Crippen LogP) is 3.16. The molecule has 31 heavy (non-hydrogen) atoms. The van der Waals surface area contributed by atoms with Crippen molar-refractivity contribution in [3.63, 3.8) is 0 Å². The molecule has 0 atom stereocenters. The second kappa shape index (κ2) is 9.34. The summed E-state index contributed by atoms with van der Waals surface area (Å²) in [4.78, 5) is 34.2. The number of halogens is 1. The average molecular weight is 439 g/mol. The lowest BCUT2D eigenvalue weighted by Crippen LogP contribution is -2.49. The Hall–Kier alpha value is -3.13. The maximum absolute atomic E-state index is 13.1. The van der Waals surface area contributed by atoms with Crippen LogP contribution >= 0.6 is 11.8 Å². The fraction of sp³-hybridized carbons (Fsp3) is 0.261. The molecule has 1 aromatic heterocycles. The number of hydrogen-bond donors (Lipinski definition) is 0. The number of allylic oxidation sites excluding steroid dienone is 1. The molecule has 0 bridgehead atoms. The second-order valence-corrected chi connectivity index (χ2v) is 8.19. The Bertz CT molecular complexity index is 1150. The molecule has 1 fully saturated rings. The summed E-state index contributed by atoms with van der Waals surface area (Å²) in [5.41, 5.74) is 1.45. The smallest absolute Gasteiger partial charge is 0.262 e. The number of carbonyl (C=O) groups is 1. The van der Waals surface area contributed by atoms with Crippen LogP contribution in [-0.2, 0) is 11.3 Å². The quantitative estimate of drug-likeness (QED) is 0.336. The Kier molecular flexibility index (Phi) is 6.36. The molecule has 0 saturated carbocycles. The molecule has 160 valence electrons. The largest absolute Gasteiger partial charge is 0.368 e. The van der Waals surface area contributed by atoms with E-state index in [4.69, 9.17) is 0 Å². The van der Waals surface area contributed by atoms with Crippen LogP contribution in [0.4, 0.5) is 10.1 Å². The molecule has 1 aliphatic heterocycles. The summed E-state index contributed by atoms with van der Waals surface area (Å²) in [6, 6.07) is 13.6. The summed E-state index contributed by atoms with van der Waals surface area (Å²) >= 11 is 1.27. The van der Waals surface area contributed by atoms with Crippen molar-refractivity contribution in [1.29, 1.82) is 0 Å². The van der Waals surface area contributed by atoms with Gasteiger partial charge in [-0.05, 0) is 36.4 Å². The molecule has 0 aliphatic carbocycles. The highest BCUT2D eigenvalue weighted by Gasteiger charge is 2.22. The molecular formula is C23H23FN4O2S. The highest BCUT2D eigenvalue weighted by atomic mass is 32.2. The minimum Gasteiger partial charge on any atom is -0.368 e. The number of anilines is 1. The minimum absolute atomic E-state index is 0.0105. The first-order valence-electron chi connectivity index (χ1n) is 10.1. The van der Waals surface area contributed by atoms with E-state index in [0.29, 0.717) is 48.8 Å². The van der Waals surface area contributed by atoms with Gasteiger partial charge < -0.3 is 9.80 Å². The van der Waals surface area contributed by atoms with Crippen LogP contribution < -0.4 is 10.5 Å². The van der Waals surface area contributed by atoms with E-state index in [2.05, 4.69) is 16.5 Å². The maximum Gasteiger partial charge on any atom is 0.262 e. The van der Waals surface area contributed by atoms with Crippen LogP contribution in [0.5, 0.6) is 0 Å². The van der Waals surface area contributed by atoms with Crippen LogP contribution in [-0.4, -0.2) is 52.3 Å². The van der Waals surface area contributed by atoms with E-state index in [9.17, 15) is 14.0 Å². The molecule has 0 N–H and O–H groups in total. The fourth-order valence-electron chi connectivity index (χ4n) is 3.63. The number of benzene rings is 2. The van der Waals surface area contributed by atoms with Crippen LogP contribution in [0.3, 0.4) is 0 Å². The maximum atomic E-state index is 13.1. The standard InChI is InChI=1S/C23H23FN4O2S/c1-2-11-28-22(30)19-5-3-4-6-20(19)25-23(28)31-16-21(29)27-14-12-26(13-15-27)18-9-7-17(24)8-10-18/h2-10H,1,11-16H2. The third kappa shape index (κ3) is 4.64. The third-order valence-electron chi connectivity index (χ3n) is 5.29. The van der Waals surface area contributed by atoms with Crippen LogP contribution in [0.25, 0.3) is 10.9 Å². The third-order valence-corrected chi connectivity index (χ3v) is 6.25. The van der Waals surface area contributed by atoms with Gasteiger partial charge in [-0.3, -0.25) is 14.2 Å². The van der Waals surface area contributed by atoms with Gasteiger partial charge in [-0.25, -0.2) is 9.37 Å². The Morgan fingerprint density at radius 3 is 2.52 bits per heavy atom. The van der Waals surface area contributed by atoms with Crippen LogP contribution in [0.2, 0.25) is 0 Å². The van der Waals surface area contributed by atoms with E-state index in [1.807, 2.05) is 17.0 Å².